The molecule has 1 heterocycles. The first-order valence-electron chi connectivity index (χ1n) is 6.69. The fourth-order valence-corrected chi connectivity index (χ4v) is 2.21. The second kappa shape index (κ2) is 6.91. The van der Waals surface area contributed by atoms with Crippen LogP contribution in [0, 0.1) is 19.7 Å². The molecular formula is C15H14BrFN2O4. The zero-order valence-corrected chi connectivity index (χ0v) is 14.2. The zero-order valence-electron chi connectivity index (χ0n) is 12.6. The molecule has 1 aromatic heterocycles. The van der Waals surface area contributed by atoms with Crippen molar-refractivity contribution in [2.24, 2.45) is 0 Å². The molecule has 2 rings (SSSR count). The molecule has 0 aliphatic heterocycles. The SMILES string of the molecule is Cc1noc(C)c1C(=O)O[C@H](C)C(=O)Nc1ccc(Br)cc1F. The van der Waals surface area contributed by atoms with Crippen molar-refractivity contribution >= 4 is 33.5 Å². The molecule has 8 heteroatoms. The van der Waals surface area contributed by atoms with Crippen molar-refractivity contribution < 1.29 is 23.2 Å². The molecule has 0 radical (unpaired) electrons. The Morgan fingerprint density at radius 1 is 1.39 bits per heavy atom. The van der Waals surface area contributed by atoms with Crippen LogP contribution in [0.25, 0.3) is 0 Å². The van der Waals surface area contributed by atoms with Gasteiger partial charge in [-0.3, -0.25) is 4.79 Å². The van der Waals surface area contributed by atoms with Gasteiger partial charge in [0.15, 0.2) is 6.10 Å². The van der Waals surface area contributed by atoms with Crippen LogP contribution in [0.3, 0.4) is 0 Å². The molecule has 0 saturated carbocycles. The highest BCUT2D eigenvalue weighted by atomic mass is 79.9. The second-order valence-corrected chi connectivity index (χ2v) is 5.78. The van der Waals surface area contributed by atoms with E-state index in [0.29, 0.717) is 15.9 Å². The van der Waals surface area contributed by atoms with Crippen LogP contribution < -0.4 is 5.32 Å². The van der Waals surface area contributed by atoms with Crippen molar-refractivity contribution in [3.8, 4) is 0 Å². The number of esters is 1. The Hall–Kier alpha value is -2.22. The third-order valence-corrected chi connectivity index (χ3v) is 3.57. The van der Waals surface area contributed by atoms with Crippen LogP contribution >= 0.6 is 15.9 Å². The fraction of sp³-hybridized carbons (Fsp3) is 0.267. The van der Waals surface area contributed by atoms with Gasteiger partial charge >= 0.3 is 5.97 Å². The van der Waals surface area contributed by atoms with E-state index < -0.39 is 23.8 Å². The summed E-state index contributed by atoms with van der Waals surface area (Å²) in [5.41, 5.74) is 0.553. The van der Waals surface area contributed by atoms with E-state index in [-0.39, 0.29) is 11.3 Å². The molecule has 1 amide bonds. The smallest absolute Gasteiger partial charge is 0.344 e. The summed E-state index contributed by atoms with van der Waals surface area (Å²) >= 11 is 3.12. The number of aryl methyl sites for hydroxylation is 2. The molecular weight excluding hydrogens is 371 g/mol. The Labute approximate surface area is 140 Å². The topological polar surface area (TPSA) is 81.4 Å². The van der Waals surface area contributed by atoms with Crippen molar-refractivity contribution in [2.75, 3.05) is 5.32 Å². The maximum Gasteiger partial charge on any atom is 0.344 e. The minimum atomic E-state index is -1.11. The Bertz CT molecular complexity index is 740. The van der Waals surface area contributed by atoms with Gasteiger partial charge in [0.05, 0.1) is 11.4 Å². The van der Waals surface area contributed by atoms with Crippen molar-refractivity contribution in [2.45, 2.75) is 26.9 Å². The van der Waals surface area contributed by atoms with Gasteiger partial charge in [0.1, 0.15) is 17.1 Å². The predicted octanol–water partition coefficient (Wildman–Crippen LogP) is 3.38. The summed E-state index contributed by atoms with van der Waals surface area (Å²) in [4.78, 5) is 24.1. The minimum absolute atomic E-state index is 0.00145. The van der Waals surface area contributed by atoms with Gasteiger partial charge in [0.25, 0.3) is 5.91 Å². The van der Waals surface area contributed by atoms with Gasteiger partial charge in [-0.25, -0.2) is 9.18 Å². The first-order chi connectivity index (χ1) is 10.8. The average molecular weight is 385 g/mol. The number of nitrogens with zero attached hydrogens (tertiary/aromatic N) is 1. The third kappa shape index (κ3) is 3.95. The predicted molar refractivity (Wildman–Crippen MR) is 83.6 cm³/mol. The van der Waals surface area contributed by atoms with Gasteiger partial charge in [0.2, 0.25) is 0 Å². The van der Waals surface area contributed by atoms with Crippen LogP contribution in [-0.2, 0) is 9.53 Å². The van der Waals surface area contributed by atoms with E-state index >= 15 is 0 Å². The standard InChI is InChI=1S/C15H14BrFN2O4/c1-7-13(8(2)23-19-7)15(21)22-9(3)14(20)18-12-5-4-10(16)6-11(12)17/h4-6,9H,1-3H3,(H,18,20)/t9-/m1/s1. The van der Waals surface area contributed by atoms with E-state index in [0.717, 1.165) is 0 Å². The number of rotatable bonds is 4. The van der Waals surface area contributed by atoms with E-state index in [4.69, 9.17) is 9.26 Å². The number of hydrogen-bond donors (Lipinski definition) is 1. The van der Waals surface area contributed by atoms with E-state index in [9.17, 15) is 14.0 Å². The number of halogens is 2. The number of carbonyl (C=O) groups is 2. The first-order valence-corrected chi connectivity index (χ1v) is 7.48. The van der Waals surface area contributed by atoms with Gasteiger partial charge in [-0.05, 0) is 39.0 Å². The molecule has 1 atom stereocenters. The molecule has 0 fully saturated rings. The number of ether oxygens (including phenoxy) is 1. The molecule has 0 spiro atoms. The lowest BCUT2D eigenvalue weighted by atomic mass is 10.2. The van der Waals surface area contributed by atoms with Crippen molar-refractivity contribution in [1.82, 2.24) is 5.16 Å². The lowest BCUT2D eigenvalue weighted by molar-refractivity contribution is -0.123. The maximum absolute atomic E-state index is 13.7. The molecule has 1 aromatic carbocycles. The Morgan fingerprint density at radius 2 is 2.09 bits per heavy atom. The van der Waals surface area contributed by atoms with Gasteiger partial charge in [-0.15, -0.1) is 0 Å². The Morgan fingerprint density at radius 3 is 2.65 bits per heavy atom. The minimum Gasteiger partial charge on any atom is -0.449 e. The lowest BCUT2D eigenvalue weighted by Gasteiger charge is -2.14. The van der Waals surface area contributed by atoms with Crippen LogP contribution in [0.2, 0.25) is 0 Å². The van der Waals surface area contributed by atoms with E-state index in [1.165, 1.54) is 19.1 Å². The van der Waals surface area contributed by atoms with E-state index in [1.807, 2.05) is 0 Å². The third-order valence-electron chi connectivity index (χ3n) is 3.08. The molecule has 0 bridgehead atoms. The molecule has 23 heavy (non-hydrogen) atoms. The van der Waals surface area contributed by atoms with Gasteiger partial charge in [-0.1, -0.05) is 21.1 Å². The molecule has 0 unspecified atom stereocenters. The van der Waals surface area contributed by atoms with E-state index in [2.05, 4.69) is 26.4 Å². The molecule has 0 aliphatic rings. The number of benzene rings is 1. The first kappa shape index (κ1) is 17.1. The van der Waals surface area contributed by atoms with Crippen molar-refractivity contribution in [1.29, 1.82) is 0 Å². The number of anilines is 1. The molecule has 122 valence electrons. The number of amides is 1. The molecule has 0 aliphatic carbocycles. The summed E-state index contributed by atoms with van der Waals surface area (Å²) in [6.07, 6.45) is -1.11. The Kier molecular flexibility index (Phi) is 5.15. The summed E-state index contributed by atoms with van der Waals surface area (Å²) < 4.78 is 24.2. The highest BCUT2D eigenvalue weighted by Gasteiger charge is 2.24. The summed E-state index contributed by atoms with van der Waals surface area (Å²) in [5.74, 6) is -1.66. The van der Waals surface area contributed by atoms with Crippen LogP contribution in [0.1, 0.15) is 28.7 Å². The normalized spacial score (nSPS) is 11.9. The quantitative estimate of drug-likeness (QED) is 0.817. The molecule has 6 nitrogen and oxygen atoms in total. The number of carbonyl (C=O) groups excluding carboxylic acids is 2. The molecule has 0 saturated heterocycles. The van der Waals surface area contributed by atoms with Crippen molar-refractivity contribution in [3.63, 3.8) is 0 Å². The fourth-order valence-electron chi connectivity index (χ4n) is 1.87. The molecule has 1 N–H and O–H groups in total. The largest absolute Gasteiger partial charge is 0.449 e. The van der Waals surface area contributed by atoms with Gasteiger partial charge < -0.3 is 14.6 Å². The highest BCUT2D eigenvalue weighted by molar-refractivity contribution is 9.10. The summed E-state index contributed by atoms with van der Waals surface area (Å²) in [6, 6.07) is 4.20. The molecule has 2 aromatic rings. The van der Waals surface area contributed by atoms with E-state index in [1.54, 1.807) is 19.9 Å². The monoisotopic (exact) mass is 384 g/mol. The second-order valence-electron chi connectivity index (χ2n) is 4.86. The van der Waals surface area contributed by atoms with Crippen LogP contribution in [0.15, 0.2) is 27.2 Å². The summed E-state index contributed by atoms with van der Waals surface area (Å²) in [6.45, 7) is 4.55. The van der Waals surface area contributed by atoms with Crippen LogP contribution in [-0.4, -0.2) is 23.1 Å². The van der Waals surface area contributed by atoms with Crippen molar-refractivity contribution in [3.05, 3.63) is 45.5 Å². The Balaban J connectivity index is 2.04. The van der Waals surface area contributed by atoms with Crippen LogP contribution in [0.5, 0.6) is 0 Å². The maximum atomic E-state index is 13.7. The van der Waals surface area contributed by atoms with Gasteiger partial charge in [0, 0.05) is 4.47 Å². The van der Waals surface area contributed by atoms with Gasteiger partial charge in [-0.2, -0.15) is 0 Å². The summed E-state index contributed by atoms with van der Waals surface area (Å²) in [7, 11) is 0. The number of nitrogens with one attached hydrogen (secondary N) is 1. The number of hydrogen-bond acceptors (Lipinski definition) is 5. The number of aromatic nitrogens is 1. The zero-order chi connectivity index (χ0) is 17.1. The van der Waals surface area contributed by atoms with Crippen LogP contribution in [0.4, 0.5) is 10.1 Å². The average Bonchev–Trinajstić information content (AvgIpc) is 2.81. The highest BCUT2D eigenvalue weighted by Crippen LogP contribution is 2.20. The summed E-state index contributed by atoms with van der Waals surface area (Å²) in [5, 5.41) is 6.01. The lowest BCUT2D eigenvalue weighted by Crippen LogP contribution is -2.30.